The lowest BCUT2D eigenvalue weighted by molar-refractivity contribution is -0.137. The van der Waals surface area contributed by atoms with Gasteiger partial charge in [0.25, 0.3) is 0 Å². The number of hydrogen-bond donors (Lipinski definition) is 2. The number of carboxylic acid groups (broad SMARTS) is 1. The number of carbonyl (C=O) groups excluding carboxylic acids is 1. The van der Waals surface area contributed by atoms with Gasteiger partial charge in [-0.1, -0.05) is 5.16 Å². The van der Waals surface area contributed by atoms with E-state index in [1.54, 1.807) is 19.1 Å². The average molecular weight is 293 g/mol. The zero-order valence-corrected chi connectivity index (χ0v) is 11.4. The van der Waals surface area contributed by atoms with Crippen molar-refractivity contribution in [1.82, 2.24) is 15.5 Å². The number of carbonyl (C=O) groups is 2. The van der Waals surface area contributed by atoms with Crippen LogP contribution < -0.4 is 5.32 Å². The zero-order valence-electron chi connectivity index (χ0n) is 11.4. The van der Waals surface area contributed by atoms with Crippen molar-refractivity contribution >= 4 is 11.9 Å². The molecule has 0 fully saturated rings. The maximum Gasteiger partial charge on any atom is 0.305 e. The van der Waals surface area contributed by atoms with Gasteiger partial charge < -0.3 is 19.4 Å². The van der Waals surface area contributed by atoms with Crippen LogP contribution in [0.25, 0.3) is 11.6 Å². The lowest BCUT2D eigenvalue weighted by Crippen LogP contribution is -2.34. The van der Waals surface area contributed by atoms with Gasteiger partial charge in [0, 0.05) is 18.9 Å². The minimum absolute atomic E-state index is 0.116. The molecule has 0 radical (unpaired) electrons. The molecule has 0 bridgehead atoms. The minimum Gasteiger partial charge on any atom is -0.481 e. The molecule has 0 saturated carbocycles. The lowest BCUT2D eigenvalue weighted by Gasteiger charge is -2.10. The highest BCUT2D eigenvalue weighted by Crippen LogP contribution is 2.16. The second-order valence-corrected chi connectivity index (χ2v) is 4.56. The molecule has 8 nitrogen and oxygen atoms in total. The molecule has 0 saturated heterocycles. The monoisotopic (exact) mass is 293 g/mol. The Hall–Kier alpha value is -2.64. The Morgan fingerprint density at radius 2 is 2.29 bits per heavy atom. The molecule has 1 unspecified atom stereocenters. The number of nitrogens with one attached hydrogen (secondary N) is 1. The molecule has 2 N–H and O–H groups in total. The Labute approximate surface area is 120 Å². The van der Waals surface area contributed by atoms with Crippen molar-refractivity contribution in [1.29, 1.82) is 0 Å². The van der Waals surface area contributed by atoms with Crippen molar-refractivity contribution in [3.05, 3.63) is 24.3 Å². The summed E-state index contributed by atoms with van der Waals surface area (Å²) in [7, 11) is 0. The van der Waals surface area contributed by atoms with E-state index < -0.39 is 12.0 Å². The van der Waals surface area contributed by atoms with Crippen LogP contribution in [0, 0.1) is 0 Å². The molecule has 0 aliphatic rings. The molecule has 2 aromatic rings. The molecule has 0 spiro atoms. The first-order valence-corrected chi connectivity index (χ1v) is 6.42. The lowest BCUT2D eigenvalue weighted by atomic mass is 10.2. The van der Waals surface area contributed by atoms with Crippen molar-refractivity contribution in [2.45, 2.75) is 32.2 Å². The SMILES string of the molecule is CC(CC(=O)O)NC(=O)CCc1nc(-c2ccco2)no1. The maximum absolute atomic E-state index is 11.6. The van der Waals surface area contributed by atoms with Crippen LogP contribution in [-0.2, 0) is 16.0 Å². The molecule has 2 rings (SSSR count). The van der Waals surface area contributed by atoms with Gasteiger partial charge in [-0.25, -0.2) is 0 Å². The molecule has 0 aliphatic carbocycles. The van der Waals surface area contributed by atoms with E-state index in [0.717, 1.165) is 0 Å². The number of rotatable bonds is 7. The van der Waals surface area contributed by atoms with Crippen LogP contribution in [-0.4, -0.2) is 33.2 Å². The highest BCUT2D eigenvalue weighted by Gasteiger charge is 2.14. The summed E-state index contributed by atoms with van der Waals surface area (Å²) in [6, 6.07) is 2.99. The van der Waals surface area contributed by atoms with Crippen LogP contribution >= 0.6 is 0 Å². The van der Waals surface area contributed by atoms with Crippen LogP contribution in [0.5, 0.6) is 0 Å². The number of furan rings is 1. The van der Waals surface area contributed by atoms with Crippen molar-refractivity contribution < 1.29 is 23.6 Å². The van der Waals surface area contributed by atoms with Crippen molar-refractivity contribution in [2.24, 2.45) is 0 Å². The van der Waals surface area contributed by atoms with Gasteiger partial charge in [0.15, 0.2) is 5.76 Å². The molecular weight excluding hydrogens is 278 g/mol. The van der Waals surface area contributed by atoms with Gasteiger partial charge in [0.1, 0.15) is 0 Å². The number of amides is 1. The smallest absolute Gasteiger partial charge is 0.305 e. The van der Waals surface area contributed by atoms with E-state index in [4.69, 9.17) is 14.0 Å². The third-order valence-corrected chi connectivity index (χ3v) is 2.66. The first-order valence-electron chi connectivity index (χ1n) is 6.42. The van der Waals surface area contributed by atoms with E-state index in [1.807, 2.05) is 0 Å². The summed E-state index contributed by atoms with van der Waals surface area (Å²) in [5.74, 6) is -0.0779. The summed E-state index contributed by atoms with van der Waals surface area (Å²) in [5.41, 5.74) is 0. The second-order valence-electron chi connectivity index (χ2n) is 4.56. The summed E-state index contributed by atoms with van der Waals surface area (Å²) in [5, 5.41) is 14.9. The van der Waals surface area contributed by atoms with Crippen molar-refractivity contribution in [2.75, 3.05) is 0 Å². The Balaban J connectivity index is 1.80. The topological polar surface area (TPSA) is 118 Å². The second kappa shape index (κ2) is 6.69. The molecule has 1 atom stereocenters. The summed E-state index contributed by atoms with van der Waals surface area (Å²) >= 11 is 0. The highest BCUT2D eigenvalue weighted by atomic mass is 16.5. The predicted octanol–water partition coefficient (Wildman–Crippen LogP) is 1.24. The number of aromatic nitrogens is 2. The molecular formula is C13H15N3O5. The maximum atomic E-state index is 11.6. The largest absolute Gasteiger partial charge is 0.481 e. The Kier molecular flexibility index (Phi) is 4.70. The normalized spacial score (nSPS) is 12.0. The van der Waals surface area contributed by atoms with Crippen LogP contribution in [0.1, 0.15) is 25.7 Å². The first kappa shape index (κ1) is 14.8. The zero-order chi connectivity index (χ0) is 15.2. The molecule has 0 aromatic carbocycles. The molecule has 1 amide bonds. The third-order valence-electron chi connectivity index (χ3n) is 2.66. The van der Waals surface area contributed by atoms with Gasteiger partial charge in [-0.2, -0.15) is 4.98 Å². The number of carboxylic acids is 1. The average Bonchev–Trinajstić information content (AvgIpc) is 3.06. The van der Waals surface area contributed by atoms with Crippen molar-refractivity contribution in [3.63, 3.8) is 0 Å². The fourth-order valence-electron chi connectivity index (χ4n) is 1.74. The summed E-state index contributed by atoms with van der Waals surface area (Å²) in [4.78, 5) is 26.2. The number of aryl methyl sites for hydroxylation is 1. The van der Waals surface area contributed by atoms with E-state index in [2.05, 4.69) is 15.5 Å². The van der Waals surface area contributed by atoms with Crippen LogP contribution in [0.2, 0.25) is 0 Å². The third kappa shape index (κ3) is 4.44. The van der Waals surface area contributed by atoms with Gasteiger partial charge in [-0.15, -0.1) is 0 Å². The quantitative estimate of drug-likeness (QED) is 0.788. The predicted molar refractivity (Wildman–Crippen MR) is 70.2 cm³/mol. The number of hydrogen-bond acceptors (Lipinski definition) is 6. The van der Waals surface area contributed by atoms with Gasteiger partial charge in [0.05, 0.1) is 12.7 Å². The van der Waals surface area contributed by atoms with E-state index >= 15 is 0 Å². The van der Waals surface area contributed by atoms with Gasteiger partial charge in [-0.05, 0) is 19.1 Å². The first-order chi connectivity index (χ1) is 10.0. The molecule has 2 heterocycles. The highest BCUT2D eigenvalue weighted by molar-refractivity contribution is 5.77. The minimum atomic E-state index is -0.956. The van der Waals surface area contributed by atoms with Gasteiger partial charge in [0.2, 0.25) is 17.6 Å². The summed E-state index contributed by atoms with van der Waals surface area (Å²) in [6.45, 7) is 1.63. The molecule has 112 valence electrons. The Bertz CT molecular complexity index is 605. The molecule has 21 heavy (non-hydrogen) atoms. The molecule has 0 aliphatic heterocycles. The Morgan fingerprint density at radius 3 is 2.95 bits per heavy atom. The van der Waals surface area contributed by atoms with E-state index in [1.165, 1.54) is 6.26 Å². The standard InChI is InChI=1S/C13H15N3O5/c1-8(7-12(18)19)14-10(17)4-5-11-15-13(16-21-11)9-3-2-6-20-9/h2-3,6,8H,4-5,7H2,1H3,(H,14,17)(H,18,19). The van der Waals surface area contributed by atoms with E-state index in [-0.39, 0.29) is 25.2 Å². The summed E-state index contributed by atoms with van der Waals surface area (Å²) in [6.07, 6.45) is 1.81. The van der Waals surface area contributed by atoms with E-state index in [9.17, 15) is 9.59 Å². The molecule has 8 heteroatoms. The van der Waals surface area contributed by atoms with Gasteiger partial charge >= 0.3 is 5.97 Å². The van der Waals surface area contributed by atoms with Crippen LogP contribution in [0.15, 0.2) is 27.3 Å². The number of nitrogens with zero attached hydrogens (tertiary/aromatic N) is 2. The fraction of sp³-hybridized carbons (Fsp3) is 0.385. The Morgan fingerprint density at radius 1 is 1.48 bits per heavy atom. The van der Waals surface area contributed by atoms with Gasteiger partial charge in [-0.3, -0.25) is 9.59 Å². The summed E-state index contributed by atoms with van der Waals surface area (Å²) < 4.78 is 10.1. The fourth-order valence-corrected chi connectivity index (χ4v) is 1.74. The molecule has 2 aromatic heterocycles. The van der Waals surface area contributed by atoms with Crippen LogP contribution in [0.3, 0.4) is 0 Å². The number of aliphatic carboxylic acids is 1. The van der Waals surface area contributed by atoms with E-state index in [0.29, 0.717) is 17.5 Å². The van der Waals surface area contributed by atoms with Crippen LogP contribution in [0.4, 0.5) is 0 Å². The van der Waals surface area contributed by atoms with Crippen molar-refractivity contribution in [3.8, 4) is 11.6 Å².